The highest BCUT2D eigenvalue weighted by atomic mass is 16.5. The molecule has 0 aliphatic heterocycles. The van der Waals surface area contributed by atoms with E-state index in [-0.39, 0.29) is 12.5 Å². The number of rotatable bonds is 5. The van der Waals surface area contributed by atoms with E-state index in [0.717, 1.165) is 40.8 Å². The lowest BCUT2D eigenvalue weighted by Crippen LogP contribution is -2.30. The van der Waals surface area contributed by atoms with Gasteiger partial charge in [0.1, 0.15) is 5.75 Å². The highest BCUT2D eigenvalue weighted by Crippen LogP contribution is 2.38. The predicted octanol–water partition coefficient (Wildman–Crippen LogP) is 3.14. The Labute approximate surface area is 142 Å². The summed E-state index contributed by atoms with van der Waals surface area (Å²) in [5, 5.41) is 10.1. The van der Waals surface area contributed by atoms with E-state index in [1.807, 2.05) is 19.1 Å². The maximum absolute atomic E-state index is 13.0. The second-order valence-corrected chi connectivity index (χ2v) is 6.60. The molecule has 1 amide bonds. The molecular formula is C19H26N2O3. The van der Waals surface area contributed by atoms with Crippen LogP contribution in [0.15, 0.2) is 18.2 Å². The van der Waals surface area contributed by atoms with Crippen molar-refractivity contribution < 1.29 is 14.6 Å². The van der Waals surface area contributed by atoms with Crippen molar-refractivity contribution in [3.8, 4) is 5.75 Å². The van der Waals surface area contributed by atoms with E-state index in [4.69, 9.17) is 9.84 Å². The summed E-state index contributed by atoms with van der Waals surface area (Å²) in [4.78, 5) is 14.5. The molecule has 1 N–H and O–H groups in total. The average molecular weight is 330 g/mol. The molecule has 1 heterocycles. The van der Waals surface area contributed by atoms with Crippen LogP contribution in [0.4, 0.5) is 0 Å². The lowest BCUT2D eigenvalue weighted by molar-refractivity contribution is 0.0768. The van der Waals surface area contributed by atoms with Gasteiger partial charge >= 0.3 is 0 Å². The molecule has 1 aliphatic carbocycles. The van der Waals surface area contributed by atoms with Gasteiger partial charge < -0.3 is 19.3 Å². The van der Waals surface area contributed by atoms with Crippen LogP contribution in [0.3, 0.4) is 0 Å². The Kier molecular flexibility index (Phi) is 4.81. The smallest absolute Gasteiger partial charge is 0.256 e. The van der Waals surface area contributed by atoms with Crippen molar-refractivity contribution in [2.45, 2.75) is 38.6 Å². The van der Waals surface area contributed by atoms with Crippen molar-refractivity contribution in [1.82, 2.24) is 9.47 Å². The number of benzene rings is 1. The number of ether oxygens (including phenoxy) is 1. The number of amides is 1. The van der Waals surface area contributed by atoms with Crippen molar-refractivity contribution in [3.63, 3.8) is 0 Å². The molecule has 0 bridgehead atoms. The number of hydrogen-bond acceptors (Lipinski definition) is 3. The van der Waals surface area contributed by atoms with Crippen LogP contribution in [0.5, 0.6) is 5.75 Å². The maximum Gasteiger partial charge on any atom is 0.256 e. The molecule has 1 aliphatic rings. The van der Waals surface area contributed by atoms with E-state index in [1.54, 1.807) is 19.1 Å². The van der Waals surface area contributed by atoms with Crippen LogP contribution in [-0.2, 0) is 0 Å². The second-order valence-electron chi connectivity index (χ2n) is 6.60. The topological polar surface area (TPSA) is 54.7 Å². The van der Waals surface area contributed by atoms with Crippen molar-refractivity contribution >= 4 is 16.8 Å². The molecule has 5 nitrogen and oxygen atoms in total. The Morgan fingerprint density at radius 2 is 2.08 bits per heavy atom. The van der Waals surface area contributed by atoms with Gasteiger partial charge in [0.05, 0.1) is 19.3 Å². The Morgan fingerprint density at radius 3 is 2.71 bits per heavy atom. The van der Waals surface area contributed by atoms with Crippen LogP contribution in [0, 0.1) is 6.92 Å². The number of fused-ring (bicyclic) bond motifs is 1. The molecule has 0 spiro atoms. The lowest BCUT2D eigenvalue weighted by Gasteiger charge is -2.18. The number of aromatic nitrogens is 1. The first kappa shape index (κ1) is 16.8. The molecule has 24 heavy (non-hydrogen) atoms. The molecule has 1 aromatic carbocycles. The third-order valence-corrected chi connectivity index (χ3v) is 5.14. The van der Waals surface area contributed by atoms with E-state index in [0.29, 0.717) is 12.6 Å². The molecule has 1 saturated carbocycles. The van der Waals surface area contributed by atoms with Gasteiger partial charge in [-0.1, -0.05) is 12.8 Å². The fourth-order valence-electron chi connectivity index (χ4n) is 3.89. The zero-order chi connectivity index (χ0) is 17.3. The van der Waals surface area contributed by atoms with Crippen LogP contribution in [-0.4, -0.2) is 47.8 Å². The van der Waals surface area contributed by atoms with Gasteiger partial charge in [-0.15, -0.1) is 0 Å². The monoisotopic (exact) mass is 330 g/mol. The lowest BCUT2D eigenvalue weighted by atomic mass is 10.1. The normalized spacial score (nSPS) is 15.2. The van der Waals surface area contributed by atoms with Gasteiger partial charge in [0, 0.05) is 36.2 Å². The first-order chi connectivity index (χ1) is 11.6. The Morgan fingerprint density at radius 1 is 1.38 bits per heavy atom. The molecule has 130 valence electrons. The summed E-state index contributed by atoms with van der Waals surface area (Å²) in [5.74, 6) is 0.710. The van der Waals surface area contributed by atoms with Gasteiger partial charge in [-0.05, 0) is 38.0 Å². The fraction of sp³-hybridized carbons (Fsp3) is 0.526. The van der Waals surface area contributed by atoms with Gasteiger partial charge in [0.2, 0.25) is 0 Å². The Hall–Kier alpha value is -2.01. The van der Waals surface area contributed by atoms with Crippen molar-refractivity contribution in [1.29, 1.82) is 0 Å². The van der Waals surface area contributed by atoms with E-state index < -0.39 is 0 Å². The van der Waals surface area contributed by atoms with Gasteiger partial charge in [0.25, 0.3) is 5.91 Å². The van der Waals surface area contributed by atoms with E-state index in [1.165, 1.54) is 12.8 Å². The molecule has 3 rings (SSSR count). The zero-order valence-electron chi connectivity index (χ0n) is 14.7. The molecular weight excluding hydrogens is 304 g/mol. The van der Waals surface area contributed by atoms with E-state index >= 15 is 0 Å². The maximum atomic E-state index is 13.0. The van der Waals surface area contributed by atoms with Crippen molar-refractivity contribution in [3.05, 3.63) is 29.5 Å². The second kappa shape index (κ2) is 6.85. The van der Waals surface area contributed by atoms with E-state index in [2.05, 4.69) is 10.6 Å². The minimum Gasteiger partial charge on any atom is -0.497 e. The largest absolute Gasteiger partial charge is 0.497 e. The Bertz CT molecular complexity index is 745. The molecule has 5 heteroatoms. The number of aliphatic hydroxyl groups is 1. The third-order valence-electron chi connectivity index (χ3n) is 5.14. The van der Waals surface area contributed by atoms with Crippen LogP contribution in [0.1, 0.15) is 47.8 Å². The van der Waals surface area contributed by atoms with Crippen LogP contribution in [0.2, 0.25) is 0 Å². The molecule has 0 saturated heterocycles. The molecule has 2 aromatic rings. The number of carbonyl (C=O) groups is 1. The first-order valence-corrected chi connectivity index (χ1v) is 8.63. The molecule has 1 fully saturated rings. The zero-order valence-corrected chi connectivity index (χ0v) is 14.7. The average Bonchev–Trinajstić information content (AvgIpc) is 3.19. The third kappa shape index (κ3) is 2.77. The van der Waals surface area contributed by atoms with E-state index in [9.17, 15) is 4.79 Å². The number of nitrogens with zero attached hydrogens (tertiary/aromatic N) is 2. The summed E-state index contributed by atoms with van der Waals surface area (Å²) in [6.07, 6.45) is 4.81. The standard InChI is InChI=1S/C19H26N2O3/c1-13-18(19(23)20(2)10-11-22)16-12-15(24-3)8-9-17(16)21(13)14-6-4-5-7-14/h8-9,12,14,22H,4-7,10-11H2,1-3H3. The highest BCUT2D eigenvalue weighted by molar-refractivity contribution is 6.08. The summed E-state index contributed by atoms with van der Waals surface area (Å²) in [6, 6.07) is 6.43. The van der Waals surface area contributed by atoms with Crippen molar-refractivity contribution in [2.75, 3.05) is 27.3 Å². The van der Waals surface area contributed by atoms with Crippen LogP contribution in [0.25, 0.3) is 10.9 Å². The number of likely N-dealkylation sites (N-methyl/N-ethyl adjacent to an activating group) is 1. The number of carbonyl (C=O) groups excluding carboxylic acids is 1. The molecule has 0 unspecified atom stereocenters. The van der Waals surface area contributed by atoms with Gasteiger partial charge in [-0.3, -0.25) is 4.79 Å². The number of methoxy groups -OCH3 is 1. The van der Waals surface area contributed by atoms with Crippen molar-refractivity contribution in [2.24, 2.45) is 0 Å². The van der Waals surface area contributed by atoms with Gasteiger partial charge in [0.15, 0.2) is 0 Å². The molecule has 1 aromatic heterocycles. The summed E-state index contributed by atoms with van der Waals surface area (Å²) in [7, 11) is 3.37. The summed E-state index contributed by atoms with van der Waals surface area (Å²) < 4.78 is 7.70. The molecule has 0 atom stereocenters. The molecule has 0 radical (unpaired) electrons. The number of aliphatic hydroxyl groups excluding tert-OH is 1. The fourth-order valence-corrected chi connectivity index (χ4v) is 3.89. The number of hydrogen-bond donors (Lipinski definition) is 1. The minimum atomic E-state index is -0.0449. The van der Waals surface area contributed by atoms with Gasteiger partial charge in [-0.2, -0.15) is 0 Å². The van der Waals surface area contributed by atoms with Gasteiger partial charge in [-0.25, -0.2) is 0 Å². The first-order valence-electron chi connectivity index (χ1n) is 8.63. The van der Waals surface area contributed by atoms with Crippen LogP contribution < -0.4 is 4.74 Å². The Balaban J connectivity index is 2.18. The van der Waals surface area contributed by atoms with Crippen LogP contribution >= 0.6 is 0 Å². The summed E-state index contributed by atoms with van der Waals surface area (Å²) >= 11 is 0. The quantitative estimate of drug-likeness (QED) is 0.916. The summed E-state index contributed by atoms with van der Waals surface area (Å²) in [6.45, 7) is 2.33. The summed E-state index contributed by atoms with van der Waals surface area (Å²) in [5.41, 5.74) is 2.84. The highest BCUT2D eigenvalue weighted by Gasteiger charge is 2.27. The SMILES string of the molecule is COc1ccc2c(c1)c(C(=O)N(C)CCO)c(C)n2C1CCCC1. The predicted molar refractivity (Wildman–Crippen MR) is 94.8 cm³/mol. The minimum absolute atomic E-state index is 0.0358.